The van der Waals surface area contributed by atoms with E-state index in [4.69, 9.17) is 4.52 Å². The highest BCUT2D eigenvalue weighted by Gasteiger charge is 2.10. The van der Waals surface area contributed by atoms with Crippen LogP contribution in [0.15, 0.2) is 45.7 Å². The fraction of sp³-hybridized carbons (Fsp3) is 0.133. The zero-order valence-electron chi connectivity index (χ0n) is 11.4. The van der Waals surface area contributed by atoms with Gasteiger partial charge in [-0.05, 0) is 36.1 Å². The minimum Gasteiger partial charge on any atom is -0.361 e. The van der Waals surface area contributed by atoms with Gasteiger partial charge in [0.2, 0.25) is 0 Å². The number of rotatable bonds is 4. The lowest BCUT2D eigenvalue weighted by molar-refractivity contribution is 0.0942. The summed E-state index contributed by atoms with van der Waals surface area (Å²) in [6.07, 6.45) is 1.74. The molecule has 0 unspecified atom stereocenters. The monoisotopic (exact) mass is 299 g/mol. The standard InChI is InChI=1S/C15H13N3O2S/c1-10-6-14(18-20-10)15(19)17-8-11-2-4-16-13(7-11)12-3-5-21-9-12/h2-7,9H,8H2,1H3,(H,17,19). The molecule has 3 rings (SSSR count). The number of aryl methyl sites for hydroxylation is 1. The van der Waals surface area contributed by atoms with Gasteiger partial charge < -0.3 is 9.84 Å². The van der Waals surface area contributed by atoms with Gasteiger partial charge in [0.1, 0.15) is 5.76 Å². The molecule has 0 atom stereocenters. The van der Waals surface area contributed by atoms with E-state index in [1.807, 2.05) is 29.0 Å². The molecule has 3 aromatic rings. The molecule has 1 N–H and O–H groups in total. The maximum atomic E-state index is 11.9. The van der Waals surface area contributed by atoms with Gasteiger partial charge in [0.25, 0.3) is 5.91 Å². The molecule has 0 saturated carbocycles. The Morgan fingerprint density at radius 1 is 1.38 bits per heavy atom. The second-order valence-electron chi connectivity index (χ2n) is 4.57. The van der Waals surface area contributed by atoms with Crippen molar-refractivity contribution in [1.29, 1.82) is 0 Å². The molecule has 0 radical (unpaired) electrons. The first-order chi connectivity index (χ1) is 10.2. The molecule has 0 aliphatic heterocycles. The highest BCUT2D eigenvalue weighted by atomic mass is 32.1. The zero-order chi connectivity index (χ0) is 14.7. The van der Waals surface area contributed by atoms with Crippen molar-refractivity contribution in [2.75, 3.05) is 0 Å². The Bertz CT molecular complexity index is 750. The van der Waals surface area contributed by atoms with Crippen LogP contribution in [0.2, 0.25) is 0 Å². The number of aromatic nitrogens is 2. The average molecular weight is 299 g/mol. The Morgan fingerprint density at radius 2 is 2.29 bits per heavy atom. The summed E-state index contributed by atoms with van der Waals surface area (Å²) in [6, 6.07) is 7.48. The zero-order valence-corrected chi connectivity index (χ0v) is 12.2. The van der Waals surface area contributed by atoms with Crippen molar-refractivity contribution in [2.24, 2.45) is 0 Å². The van der Waals surface area contributed by atoms with Gasteiger partial charge in [-0.2, -0.15) is 11.3 Å². The van der Waals surface area contributed by atoms with E-state index in [0.717, 1.165) is 16.8 Å². The number of thiophene rings is 1. The number of carbonyl (C=O) groups excluding carboxylic acids is 1. The molecule has 0 aliphatic rings. The summed E-state index contributed by atoms with van der Waals surface area (Å²) in [4.78, 5) is 16.2. The smallest absolute Gasteiger partial charge is 0.273 e. The minimum atomic E-state index is -0.249. The number of hydrogen-bond donors (Lipinski definition) is 1. The molecule has 3 aromatic heterocycles. The molecular formula is C15H13N3O2S. The number of carbonyl (C=O) groups is 1. The first-order valence-corrected chi connectivity index (χ1v) is 7.35. The fourth-order valence-corrected chi connectivity index (χ4v) is 2.55. The van der Waals surface area contributed by atoms with Crippen molar-refractivity contribution in [1.82, 2.24) is 15.5 Å². The third-order valence-corrected chi connectivity index (χ3v) is 3.64. The summed E-state index contributed by atoms with van der Waals surface area (Å²) in [7, 11) is 0. The fourth-order valence-electron chi connectivity index (χ4n) is 1.90. The van der Waals surface area contributed by atoms with Crippen molar-refractivity contribution < 1.29 is 9.32 Å². The quantitative estimate of drug-likeness (QED) is 0.804. The average Bonchev–Trinajstić information content (AvgIpc) is 3.16. The lowest BCUT2D eigenvalue weighted by Gasteiger charge is -2.04. The van der Waals surface area contributed by atoms with Crippen LogP contribution < -0.4 is 5.32 Å². The summed E-state index contributed by atoms with van der Waals surface area (Å²) < 4.78 is 4.89. The second-order valence-corrected chi connectivity index (χ2v) is 5.35. The van der Waals surface area contributed by atoms with Gasteiger partial charge in [-0.3, -0.25) is 9.78 Å². The second kappa shape index (κ2) is 5.88. The van der Waals surface area contributed by atoms with Crippen LogP contribution in [0.25, 0.3) is 11.3 Å². The summed E-state index contributed by atoms with van der Waals surface area (Å²) in [6.45, 7) is 2.17. The number of nitrogens with zero attached hydrogens (tertiary/aromatic N) is 2. The summed E-state index contributed by atoms with van der Waals surface area (Å²) in [5, 5.41) is 10.6. The third-order valence-electron chi connectivity index (χ3n) is 2.95. The van der Waals surface area contributed by atoms with Crippen molar-refractivity contribution in [3.63, 3.8) is 0 Å². The molecule has 21 heavy (non-hydrogen) atoms. The molecule has 0 spiro atoms. The summed E-state index contributed by atoms with van der Waals surface area (Å²) in [5.41, 5.74) is 3.26. The van der Waals surface area contributed by atoms with Crippen LogP contribution in [-0.2, 0) is 6.54 Å². The first kappa shape index (κ1) is 13.5. The Labute approximate surface area is 125 Å². The predicted molar refractivity (Wildman–Crippen MR) is 80.0 cm³/mol. The topological polar surface area (TPSA) is 68.0 Å². The molecule has 0 aromatic carbocycles. The van der Waals surface area contributed by atoms with E-state index >= 15 is 0 Å². The largest absolute Gasteiger partial charge is 0.361 e. The predicted octanol–water partition coefficient (Wildman–Crippen LogP) is 3.04. The first-order valence-electron chi connectivity index (χ1n) is 6.41. The van der Waals surface area contributed by atoms with Crippen LogP contribution >= 0.6 is 11.3 Å². The highest BCUT2D eigenvalue weighted by Crippen LogP contribution is 2.20. The number of pyridine rings is 1. The van der Waals surface area contributed by atoms with Crippen LogP contribution in [0.4, 0.5) is 0 Å². The SMILES string of the molecule is Cc1cc(C(=O)NCc2ccnc(-c3ccsc3)c2)no1. The molecule has 6 heteroatoms. The molecule has 0 fully saturated rings. The third kappa shape index (κ3) is 3.17. The maximum absolute atomic E-state index is 11.9. The molecule has 1 amide bonds. The van der Waals surface area contributed by atoms with E-state index < -0.39 is 0 Å². The van der Waals surface area contributed by atoms with Crippen molar-refractivity contribution >= 4 is 17.2 Å². The van der Waals surface area contributed by atoms with Gasteiger partial charge in [0, 0.05) is 29.8 Å². The van der Waals surface area contributed by atoms with Gasteiger partial charge in [0.15, 0.2) is 5.69 Å². The summed E-state index contributed by atoms with van der Waals surface area (Å²) in [5.74, 6) is 0.365. The Kier molecular flexibility index (Phi) is 3.79. The van der Waals surface area contributed by atoms with Crippen molar-refractivity contribution in [2.45, 2.75) is 13.5 Å². The Morgan fingerprint density at radius 3 is 3.00 bits per heavy atom. The number of amides is 1. The van der Waals surface area contributed by atoms with Crippen molar-refractivity contribution in [3.05, 3.63) is 58.2 Å². The van der Waals surface area contributed by atoms with Gasteiger partial charge in [-0.1, -0.05) is 5.16 Å². The van der Waals surface area contributed by atoms with Crippen molar-refractivity contribution in [3.8, 4) is 11.3 Å². The van der Waals surface area contributed by atoms with Gasteiger partial charge in [-0.25, -0.2) is 0 Å². The van der Waals surface area contributed by atoms with Gasteiger partial charge in [-0.15, -0.1) is 0 Å². The van der Waals surface area contributed by atoms with Gasteiger partial charge in [0.05, 0.1) is 5.69 Å². The van der Waals surface area contributed by atoms with E-state index in [2.05, 4.69) is 15.5 Å². The highest BCUT2D eigenvalue weighted by molar-refractivity contribution is 7.08. The molecule has 5 nitrogen and oxygen atoms in total. The van der Waals surface area contributed by atoms with E-state index in [0.29, 0.717) is 18.0 Å². The molecular weight excluding hydrogens is 286 g/mol. The Balaban J connectivity index is 1.68. The van der Waals surface area contributed by atoms with Crippen LogP contribution in [0.5, 0.6) is 0 Å². The lowest BCUT2D eigenvalue weighted by Crippen LogP contribution is -2.23. The van der Waals surface area contributed by atoms with Crippen LogP contribution in [0, 0.1) is 6.92 Å². The van der Waals surface area contributed by atoms with Crippen LogP contribution in [0.3, 0.4) is 0 Å². The molecule has 0 aliphatic carbocycles. The van der Waals surface area contributed by atoms with Crippen LogP contribution in [-0.4, -0.2) is 16.0 Å². The summed E-state index contributed by atoms with van der Waals surface area (Å²) >= 11 is 1.63. The van der Waals surface area contributed by atoms with E-state index in [-0.39, 0.29) is 5.91 Å². The number of nitrogens with one attached hydrogen (secondary N) is 1. The lowest BCUT2D eigenvalue weighted by atomic mass is 10.1. The number of hydrogen-bond acceptors (Lipinski definition) is 5. The van der Waals surface area contributed by atoms with E-state index in [1.165, 1.54) is 0 Å². The molecule has 0 bridgehead atoms. The molecule has 3 heterocycles. The van der Waals surface area contributed by atoms with Gasteiger partial charge >= 0.3 is 0 Å². The minimum absolute atomic E-state index is 0.249. The van der Waals surface area contributed by atoms with E-state index in [1.54, 1.807) is 30.5 Å². The van der Waals surface area contributed by atoms with Crippen LogP contribution in [0.1, 0.15) is 21.8 Å². The molecule has 106 valence electrons. The maximum Gasteiger partial charge on any atom is 0.273 e. The molecule has 0 saturated heterocycles. The Hall–Kier alpha value is -2.47. The normalized spacial score (nSPS) is 10.5. The van der Waals surface area contributed by atoms with E-state index in [9.17, 15) is 4.79 Å².